The summed E-state index contributed by atoms with van der Waals surface area (Å²) in [6.07, 6.45) is 2.59. The molecule has 2 rings (SSSR count). The summed E-state index contributed by atoms with van der Waals surface area (Å²) in [6, 6.07) is 0. The van der Waals surface area contributed by atoms with E-state index in [9.17, 15) is 10.1 Å². The van der Waals surface area contributed by atoms with Crippen LogP contribution in [-0.2, 0) is 11.3 Å². The van der Waals surface area contributed by atoms with Crippen molar-refractivity contribution in [3.8, 4) is 0 Å². The van der Waals surface area contributed by atoms with Gasteiger partial charge in [-0.15, -0.1) is 11.3 Å². The number of nitrogens with zero attached hydrogens (tertiary/aromatic N) is 4. The van der Waals surface area contributed by atoms with Crippen LogP contribution in [0.15, 0.2) is 17.8 Å². The van der Waals surface area contributed by atoms with Gasteiger partial charge in [-0.1, -0.05) is 0 Å². The van der Waals surface area contributed by atoms with Crippen LogP contribution in [0.4, 0.5) is 5.69 Å². The van der Waals surface area contributed by atoms with Crippen LogP contribution in [-0.4, -0.2) is 26.3 Å². The minimum atomic E-state index is -0.465. The van der Waals surface area contributed by atoms with Crippen molar-refractivity contribution in [3.63, 3.8) is 0 Å². The Morgan fingerprint density at radius 2 is 2.42 bits per heavy atom. The molecule has 0 aliphatic carbocycles. The lowest BCUT2D eigenvalue weighted by Gasteiger charge is -2.06. The molecule has 0 aromatic carbocycles. The molecule has 2 aromatic heterocycles. The van der Waals surface area contributed by atoms with Crippen molar-refractivity contribution in [2.75, 3.05) is 6.61 Å². The molecule has 0 spiro atoms. The molecule has 2 aromatic rings. The van der Waals surface area contributed by atoms with Gasteiger partial charge in [-0.05, 0) is 13.8 Å². The standard InChI is InChI=1S/C11H14N4O3S/c1-3-18-8(2)11-13-9(7-19-11)5-14-6-10(4-12-14)15(16)17/h4,6-8H,3,5H2,1-2H3/t8-/m0/s1. The monoisotopic (exact) mass is 282 g/mol. The lowest BCUT2D eigenvalue weighted by Crippen LogP contribution is -2.02. The van der Waals surface area contributed by atoms with Gasteiger partial charge in [-0.25, -0.2) is 4.98 Å². The molecule has 0 amide bonds. The smallest absolute Gasteiger partial charge is 0.307 e. The highest BCUT2D eigenvalue weighted by molar-refractivity contribution is 7.09. The van der Waals surface area contributed by atoms with E-state index in [2.05, 4.69) is 10.1 Å². The van der Waals surface area contributed by atoms with Gasteiger partial charge in [0.05, 0.1) is 17.2 Å². The Morgan fingerprint density at radius 3 is 3.05 bits per heavy atom. The van der Waals surface area contributed by atoms with Crippen LogP contribution in [0, 0.1) is 10.1 Å². The Bertz CT molecular complexity index is 566. The second-order valence-corrected chi connectivity index (χ2v) is 4.82. The van der Waals surface area contributed by atoms with Gasteiger partial charge < -0.3 is 4.74 Å². The van der Waals surface area contributed by atoms with Gasteiger partial charge in [0.15, 0.2) is 0 Å². The third-order valence-corrected chi connectivity index (χ3v) is 3.54. The molecule has 0 fully saturated rings. The predicted molar refractivity (Wildman–Crippen MR) is 70.1 cm³/mol. The zero-order valence-electron chi connectivity index (χ0n) is 10.6. The Kier molecular flexibility index (Phi) is 4.23. The van der Waals surface area contributed by atoms with E-state index in [1.165, 1.54) is 28.4 Å². The van der Waals surface area contributed by atoms with E-state index in [-0.39, 0.29) is 11.8 Å². The number of ether oxygens (including phenoxy) is 1. The fourth-order valence-electron chi connectivity index (χ4n) is 1.60. The third-order valence-electron chi connectivity index (χ3n) is 2.49. The van der Waals surface area contributed by atoms with Gasteiger partial charge in [0.2, 0.25) is 0 Å². The fraction of sp³-hybridized carbons (Fsp3) is 0.455. The quantitative estimate of drug-likeness (QED) is 0.600. The molecule has 8 heteroatoms. The number of aromatic nitrogens is 3. The van der Waals surface area contributed by atoms with E-state index in [1.54, 1.807) is 0 Å². The number of thiazole rings is 1. The summed E-state index contributed by atoms with van der Waals surface area (Å²) in [5.74, 6) is 0. The minimum absolute atomic E-state index is 0.0156. The van der Waals surface area contributed by atoms with Crippen LogP contribution < -0.4 is 0 Å². The first kappa shape index (κ1) is 13.6. The van der Waals surface area contributed by atoms with Crippen LogP contribution in [0.3, 0.4) is 0 Å². The van der Waals surface area contributed by atoms with Crippen molar-refractivity contribution in [2.45, 2.75) is 26.5 Å². The molecule has 0 aliphatic rings. The van der Waals surface area contributed by atoms with E-state index < -0.39 is 4.92 Å². The van der Waals surface area contributed by atoms with Gasteiger partial charge in [0, 0.05) is 12.0 Å². The van der Waals surface area contributed by atoms with E-state index in [0.29, 0.717) is 13.2 Å². The molecule has 102 valence electrons. The molecule has 0 saturated carbocycles. The van der Waals surface area contributed by atoms with Crippen LogP contribution >= 0.6 is 11.3 Å². The second kappa shape index (κ2) is 5.89. The summed E-state index contributed by atoms with van der Waals surface area (Å²) in [5, 5.41) is 17.3. The lowest BCUT2D eigenvalue weighted by molar-refractivity contribution is -0.385. The summed E-state index contributed by atoms with van der Waals surface area (Å²) in [7, 11) is 0. The van der Waals surface area contributed by atoms with Gasteiger partial charge in [0.1, 0.15) is 23.5 Å². The molecule has 0 radical (unpaired) electrons. The Hall–Kier alpha value is -1.80. The molecule has 19 heavy (non-hydrogen) atoms. The number of nitro groups is 1. The lowest BCUT2D eigenvalue weighted by atomic mass is 10.4. The molecule has 2 heterocycles. The van der Waals surface area contributed by atoms with E-state index in [4.69, 9.17) is 4.74 Å². The van der Waals surface area contributed by atoms with Crippen LogP contribution in [0.1, 0.15) is 30.7 Å². The topological polar surface area (TPSA) is 83.1 Å². The fourth-order valence-corrected chi connectivity index (χ4v) is 2.42. The summed E-state index contributed by atoms with van der Waals surface area (Å²) in [6.45, 7) is 4.95. The Morgan fingerprint density at radius 1 is 1.63 bits per heavy atom. The highest BCUT2D eigenvalue weighted by Gasteiger charge is 2.12. The molecular formula is C11H14N4O3S. The van der Waals surface area contributed by atoms with Gasteiger partial charge in [0.25, 0.3) is 0 Å². The highest BCUT2D eigenvalue weighted by atomic mass is 32.1. The average molecular weight is 282 g/mol. The predicted octanol–water partition coefficient (Wildman–Crippen LogP) is 2.39. The van der Waals surface area contributed by atoms with Crippen molar-refractivity contribution in [3.05, 3.63) is 38.6 Å². The van der Waals surface area contributed by atoms with Crippen LogP contribution in [0.5, 0.6) is 0 Å². The normalized spacial score (nSPS) is 12.5. The molecule has 1 atom stereocenters. The van der Waals surface area contributed by atoms with Crippen molar-refractivity contribution < 1.29 is 9.66 Å². The second-order valence-electron chi connectivity index (χ2n) is 3.93. The van der Waals surface area contributed by atoms with Crippen molar-refractivity contribution >= 4 is 17.0 Å². The molecule has 0 saturated heterocycles. The molecule has 0 N–H and O–H groups in total. The van der Waals surface area contributed by atoms with Gasteiger partial charge >= 0.3 is 5.69 Å². The zero-order chi connectivity index (χ0) is 13.8. The molecule has 0 aliphatic heterocycles. The summed E-state index contributed by atoms with van der Waals surface area (Å²) in [4.78, 5) is 14.5. The summed E-state index contributed by atoms with van der Waals surface area (Å²) >= 11 is 1.52. The Labute approximate surface area is 114 Å². The van der Waals surface area contributed by atoms with Crippen LogP contribution in [0.25, 0.3) is 0 Å². The number of hydrogen-bond acceptors (Lipinski definition) is 6. The maximum absolute atomic E-state index is 10.6. The zero-order valence-corrected chi connectivity index (χ0v) is 11.5. The maximum Gasteiger partial charge on any atom is 0.307 e. The van der Waals surface area contributed by atoms with E-state index in [0.717, 1.165) is 10.7 Å². The van der Waals surface area contributed by atoms with Crippen LogP contribution in [0.2, 0.25) is 0 Å². The molecule has 0 unspecified atom stereocenters. The first-order valence-electron chi connectivity index (χ1n) is 5.83. The number of hydrogen-bond donors (Lipinski definition) is 0. The van der Waals surface area contributed by atoms with Gasteiger partial charge in [-0.3, -0.25) is 14.8 Å². The van der Waals surface area contributed by atoms with E-state index >= 15 is 0 Å². The van der Waals surface area contributed by atoms with E-state index in [1.807, 2.05) is 19.2 Å². The SMILES string of the molecule is CCO[C@@H](C)c1nc(Cn2cc([N+](=O)[O-])cn2)cs1. The first-order valence-corrected chi connectivity index (χ1v) is 6.71. The largest absolute Gasteiger partial charge is 0.372 e. The average Bonchev–Trinajstić information content (AvgIpc) is 2.99. The molecular weight excluding hydrogens is 268 g/mol. The Balaban J connectivity index is 2.04. The van der Waals surface area contributed by atoms with Crippen molar-refractivity contribution in [1.82, 2.24) is 14.8 Å². The molecule has 0 bridgehead atoms. The summed E-state index contributed by atoms with van der Waals surface area (Å²) < 4.78 is 6.97. The highest BCUT2D eigenvalue weighted by Crippen LogP contribution is 2.21. The molecule has 7 nitrogen and oxygen atoms in total. The maximum atomic E-state index is 10.6. The minimum Gasteiger partial charge on any atom is -0.372 e. The summed E-state index contributed by atoms with van der Waals surface area (Å²) in [5.41, 5.74) is 0.808. The first-order chi connectivity index (χ1) is 9.10. The third kappa shape index (κ3) is 3.36. The number of rotatable bonds is 6. The van der Waals surface area contributed by atoms with Crippen molar-refractivity contribution in [2.24, 2.45) is 0 Å². The van der Waals surface area contributed by atoms with Gasteiger partial charge in [-0.2, -0.15) is 5.10 Å². The van der Waals surface area contributed by atoms with Crippen molar-refractivity contribution in [1.29, 1.82) is 0 Å².